The van der Waals surface area contributed by atoms with Crippen molar-refractivity contribution in [2.24, 2.45) is 0 Å². The quantitative estimate of drug-likeness (QED) is 0.671. The van der Waals surface area contributed by atoms with Crippen molar-refractivity contribution in [1.82, 2.24) is 10.3 Å². The minimum absolute atomic E-state index is 0.194. The van der Waals surface area contributed by atoms with Crippen LogP contribution in [0.4, 0.5) is 0 Å². The van der Waals surface area contributed by atoms with Crippen LogP contribution in [0.15, 0.2) is 65.3 Å². The highest BCUT2D eigenvalue weighted by Crippen LogP contribution is 2.22. The standard InChI is InChI=1S/C15H10N2O2/c18-15(12-9-5-2-6-10-12)14-13(16-19-17-14)11-7-3-1-4-8-11/h1-10H/i16+1. The normalized spacial score (nSPS) is 10.3. The van der Waals surface area contributed by atoms with Gasteiger partial charge in [0.15, 0.2) is 5.69 Å². The molecule has 0 radical (unpaired) electrons. The average Bonchev–Trinajstić information content (AvgIpc) is 2.98. The lowest BCUT2D eigenvalue weighted by Crippen LogP contribution is -2.03. The number of carbonyl (C=O) groups is 1. The summed E-state index contributed by atoms with van der Waals surface area (Å²) in [5.41, 5.74) is 2.07. The van der Waals surface area contributed by atoms with Gasteiger partial charge in [0.2, 0.25) is 5.78 Å². The molecule has 0 unspecified atom stereocenters. The van der Waals surface area contributed by atoms with Crippen LogP contribution in [0.5, 0.6) is 0 Å². The number of carbonyl (C=O) groups excluding carboxylic acids is 1. The molecule has 1 aromatic heterocycles. The van der Waals surface area contributed by atoms with Gasteiger partial charge in [-0.05, 0) is 10.3 Å². The molecule has 4 nitrogen and oxygen atoms in total. The van der Waals surface area contributed by atoms with Crippen LogP contribution in [0.1, 0.15) is 16.1 Å². The molecule has 0 fully saturated rings. The molecule has 0 aliphatic heterocycles. The summed E-state index contributed by atoms with van der Waals surface area (Å²) in [6.45, 7) is 0. The first kappa shape index (κ1) is 11.3. The molecule has 0 saturated heterocycles. The van der Waals surface area contributed by atoms with E-state index in [2.05, 4.69) is 10.3 Å². The summed E-state index contributed by atoms with van der Waals surface area (Å²) in [5.74, 6) is -0.194. The van der Waals surface area contributed by atoms with Gasteiger partial charge in [-0.25, -0.2) is 4.63 Å². The van der Waals surface area contributed by atoms with Crippen LogP contribution in [0, 0.1) is 0 Å². The Bertz CT molecular complexity index is 690. The zero-order valence-corrected chi connectivity index (χ0v) is 9.98. The van der Waals surface area contributed by atoms with Crippen LogP contribution in [-0.4, -0.2) is 16.1 Å². The lowest BCUT2D eigenvalue weighted by atomic mass is 10.0. The fourth-order valence-corrected chi connectivity index (χ4v) is 1.85. The second kappa shape index (κ2) is 4.86. The van der Waals surface area contributed by atoms with Crippen molar-refractivity contribution in [2.75, 3.05) is 0 Å². The second-order valence-electron chi connectivity index (χ2n) is 4.02. The Morgan fingerprint density at radius 1 is 0.842 bits per heavy atom. The monoisotopic (exact) mass is 251 g/mol. The number of nitrogens with zero attached hydrogens (tertiary/aromatic N) is 2. The first-order chi connectivity index (χ1) is 9.36. The second-order valence-corrected chi connectivity index (χ2v) is 4.02. The van der Waals surface area contributed by atoms with Gasteiger partial charge in [0.25, 0.3) is 0 Å². The van der Waals surface area contributed by atoms with Crippen LogP contribution in [0.3, 0.4) is 0 Å². The Kier molecular flexibility index (Phi) is 2.90. The molecule has 3 aromatic rings. The third kappa shape index (κ3) is 2.15. The van der Waals surface area contributed by atoms with E-state index >= 15 is 0 Å². The van der Waals surface area contributed by atoms with E-state index < -0.39 is 0 Å². The van der Waals surface area contributed by atoms with Gasteiger partial charge < -0.3 is 0 Å². The summed E-state index contributed by atoms with van der Waals surface area (Å²) in [7, 11) is 0. The maximum atomic E-state index is 12.3. The molecule has 2 aromatic carbocycles. The summed E-state index contributed by atoms with van der Waals surface area (Å²) in [6.07, 6.45) is 0. The van der Waals surface area contributed by atoms with Gasteiger partial charge in [-0.15, -0.1) is 0 Å². The Balaban J connectivity index is 2.04. The highest BCUT2D eigenvalue weighted by molar-refractivity contribution is 6.10. The van der Waals surface area contributed by atoms with E-state index in [1.807, 2.05) is 48.5 Å². The lowest BCUT2D eigenvalue weighted by Gasteiger charge is -1.99. The SMILES string of the molecule is O=C(c1ccccc1)c1no[15n]c1-c1ccccc1. The van der Waals surface area contributed by atoms with Crippen molar-refractivity contribution in [3.05, 3.63) is 71.9 Å². The van der Waals surface area contributed by atoms with Gasteiger partial charge >= 0.3 is 0 Å². The van der Waals surface area contributed by atoms with E-state index in [-0.39, 0.29) is 11.5 Å². The maximum Gasteiger partial charge on any atom is 0.217 e. The van der Waals surface area contributed by atoms with Gasteiger partial charge in [0, 0.05) is 11.1 Å². The molecular weight excluding hydrogens is 241 g/mol. The molecule has 0 saturated carbocycles. The van der Waals surface area contributed by atoms with Crippen molar-refractivity contribution >= 4 is 5.78 Å². The topological polar surface area (TPSA) is 56.0 Å². The van der Waals surface area contributed by atoms with E-state index in [1.165, 1.54) is 0 Å². The predicted molar refractivity (Wildman–Crippen MR) is 69.6 cm³/mol. The zero-order chi connectivity index (χ0) is 13.1. The molecule has 0 aliphatic rings. The molecule has 1 heterocycles. The predicted octanol–water partition coefficient (Wildman–Crippen LogP) is 2.97. The maximum absolute atomic E-state index is 12.3. The lowest BCUT2D eigenvalue weighted by molar-refractivity contribution is 0.103. The Labute approximate surface area is 109 Å². The van der Waals surface area contributed by atoms with Crippen molar-refractivity contribution in [3.63, 3.8) is 0 Å². The molecule has 0 amide bonds. The molecule has 0 N–H and O–H groups in total. The zero-order valence-electron chi connectivity index (χ0n) is 9.98. The molecule has 3 rings (SSSR count). The van der Waals surface area contributed by atoms with E-state index in [9.17, 15) is 4.79 Å². The Hall–Kier alpha value is -2.75. The van der Waals surface area contributed by atoms with Gasteiger partial charge in [-0.3, -0.25) is 4.79 Å². The van der Waals surface area contributed by atoms with Crippen LogP contribution in [0.25, 0.3) is 11.3 Å². The number of ketones is 1. The van der Waals surface area contributed by atoms with E-state index in [0.717, 1.165) is 5.56 Å². The molecule has 92 valence electrons. The first-order valence-corrected chi connectivity index (χ1v) is 5.84. The van der Waals surface area contributed by atoms with Crippen molar-refractivity contribution in [3.8, 4) is 11.3 Å². The van der Waals surface area contributed by atoms with E-state index in [4.69, 9.17) is 4.63 Å². The average molecular weight is 251 g/mol. The Morgan fingerprint density at radius 3 is 2.16 bits per heavy atom. The number of aromatic nitrogens is 2. The van der Waals surface area contributed by atoms with Crippen LogP contribution in [0.2, 0.25) is 0 Å². The summed E-state index contributed by atoms with van der Waals surface area (Å²) in [4.78, 5) is 12.3. The number of hydrogen-bond acceptors (Lipinski definition) is 4. The van der Waals surface area contributed by atoms with Crippen molar-refractivity contribution < 1.29 is 9.42 Å². The number of hydrogen-bond donors (Lipinski definition) is 0. The van der Waals surface area contributed by atoms with Gasteiger partial charge in [0.1, 0.15) is 5.69 Å². The fourth-order valence-electron chi connectivity index (χ4n) is 1.85. The Morgan fingerprint density at radius 2 is 1.47 bits per heavy atom. The molecule has 0 spiro atoms. The highest BCUT2D eigenvalue weighted by Gasteiger charge is 2.20. The molecule has 0 aliphatic carbocycles. The number of benzene rings is 2. The summed E-state index contributed by atoms with van der Waals surface area (Å²) in [6, 6.07) is 18.3. The summed E-state index contributed by atoms with van der Waals surface area (Å²) < 4.78 is 4.72. The third-order valence-corrected chi connectivity index (χ3v) is 2.79. The molecule has 0 bridgehead atoms. The minimum Gasteiger partial charge on any atom is -0.287 e. The molecule has 0 atom stereocenters. The van der Waals surface area contributed by atoms with Gasteiger partial charge in [0.05, 0.1) is 0 Å². The molecule has 19 heavy (non-hydrogen) atoms. The van der Waals surface area contributed by atoms with E-state index in [1.54, 1.807) is 12.1 Å². The molecule has 4 heteroatoms. The first-order valence-electron chi connectivity index (χ1n) is 5.84. The van der Waals surface area contributed by atoms with Crippen molar-refractivity contribution in [2.45, 2.75) is 0 Å². The van der Waals surface area contributed by atoms with Crippen LogP contribution in [-0.2, 0) is 0 Å². The minimum atomic E-state index is -0.194. The largest absolute Gasteiger partial charge is 0.287 e. The smallest absolute Gasteiger partial charge is 0.217 e. The van der Waals surface area contributed by atoms with Crippen LogP contribution < -0.4 is 0 Å². The van der Waals surface area contributed by atoms with Gasteiger partial charge in [-0.2, -0.15) is 0 Å². The van der Waals surface area contributed by atoms with Crippen LogP contribution >= 0.6 is 0 Å². The van der Waals surface area contributed by atoms with Crippen molar-refractivity contribution in [1.29, 1.82) is 0 Å². The fraction of sp³-hybridized carbons (Fsp3) is 0. The van der Waals surface area contributed by atoms with E-state index in [0.29, 0.717) is 11.3 Å². The van der Waals surface area contributed by atoms with Gasteiger partial charge in [-0.1, -0.05) is 60.7 Å². The summed E-state index contributed by atoms with van der Waals surface area (Å²) in [5, 5.41) is 7.56. The third-order valence-electron chi connectivity index (χ3n) is 2.79. The summed E-state index contributed by atoms with van der Waals surface area (Å²) >= 11 is 0. The molecular formula is C15H10N2O2. The number of rotatable bonds is 3. The highest BCUT2D eigenvalue weighted by atomic mass is 16.7.